The average molecular weight is 211 g/mol. The third kappa shape index (κ3) is 1.72. The number of hydrogen-bond donors (Lipinski definition) is 0. The highest BCUT2D eigenvalue weighted by Crippen LogP contribution is 2.19. The summed E-state index contributed by atoms with van der Waals surface area (Å²) in [6, 6.07) is 1.72. The highest BCUT2D eigenvalue weighted by Gasteiger charge is 2.13. The first-order valence-electron chi connectivity index (χ1n) is 4.02. The molecule has 2 rings (SSSR count). The molecule has 14 heavy (non-hydrogen) atoms. The third-order valence-corrected chi connectivity index (χ3v) is 1.73. The van der Waals surface area contributed by atoms with Crippen LogP contribution in [0.5, 0.6) is 0 Å². The van der Waals surface area contributed by atoms with E-state index < -0.39 is 0 Å². The predicted molar refractivity (Wildman–Crippen MR) is 49.6 cm³/mol. The number of nitrogens with zero attached hydrogens (tertiary/aromatic N) is 4. The van der Waals surface area contributed by atoms with Crippen molar-refractivity contribution in [2.75, 3.05) is 0 Å². The highest BCUT2D eigenvalue weighted by atomic mass is 35.5. The molecule has 0 unspecified atom stereocenters. The maximum atomic E-state index is 5.77. The van der Waals surface area contributed by atoms with Gasteiger partial charge in [0.1, 0.15) is 5.38 Å². The van der Waals surface area contributed by atoms with E-state index in [1.165, 1.54) is 0 Å². The van der Waals surface area contributed by atoms with Gasteiger partial charge in [0.25, 0.3) is 0 Å². The lowest BCUT2D eigenvalue weighted by molar-refractivity contribution is 0.379. The van der Waals surface area contributed by atoms with Crippen molar-refractivity contribution in [2.24, 2.45) is 0 Å². The van der Waals surface area contributed by atoms with Gasteiger partial charge in [0.2, 0.25) is 17.5 Å². The summed E-state index contributed by atoms with van der Waals surface area (Å²) in [6.07, 6.45) is 3.23. The zero-order chi connectivity index (χ0) is 9.97. The van der Waals surface area contributed by atoms with E-state index in [1.807, 2.05) is 0 Å². The van der Waals surface area contributed by atoms with Gasteiger partial charge in [-0.2, -0.15) is 4.98 Å². The fourth-order valence-corrected chi connectivity index (χ4v) is 0.991. The molecule has 2 heterocycles. The summed E-state index contributed by atoms with van der Waals surface area (Å²) in [6.45, 7) is 1.75. The third-order valence-electron chi connectivity index (χ3n) is 1.55. The monoisotopic (exact) mass is 210 g/mol. The fraction of sp³-hybridized carbons (Fsp3) is 0.250. The first-order valence-corrected chi connectivity index (χ1v) is 4.46. The van der Waals surface area contributed by atoms with Crippen LogP contribution in [0.2, 0.25) is 0 Å². The molecule has 2 aromatic rings. The Kier molecular flexibility index (Phi) is 2.41. The molecule has 0 amide bonds. The molecule has 0 spiro atoms. The molecule has 6 heteroatoms. The fourth-order valence-electron chi connectivity index (χ4n) is 0.902. The molecule has 0 saturated carbocycles. The minimum atomic E-state index is -0.306. The Labute approximate surface area is 85.1 Å². The van der Waals surface area contributed by atoms with Crippen LogP contribution in [0.25, 0.3) is 11.6 Å². The van der Waals surface area contributed by atoms with Crippen molar-refractivity contribution in [2.45, 2.75) is 12.3 Å². The van der Waals surface area contributed by atoms with Crippen molar-refractivity contribution in [3.05, 3.63) is 24.4 Å². The van der Waals surface area contributed by atoms with Crippen molar-refractivity contribution in [1.29, 1.82) is 0 Å². The number of rotatable bonds is 2. The Morgan fingerprint density at radius 3 is 2.57 bits per heavy atom. The van der Waals surface area contributed by atoms with E-state index in [2.05, 4.69) is 20.1 Å². The Balaban J connectivity index is 2.34. The Bertz CT molecular complexity index is 414. The van der Waals surface area contributed by atoms with Crippen LogP contribution in [0.4, 0.5) is 0 Å². The van der Waals surface area contributed by atoms with E-state index in [9.17, 15) is 0 Å². The molecule has 1 atom stereocenters. The van der Waals surface area contributed by atoms with Gasteiger partial charge in [-0.15, -0.1) is 11.6 Å². The highest BCUT2D eigenvalue weighted by molar-refractivity contribution is 6.20. The molecule has 0 bridgehead atoms. The largest absolute Gasteiger partial charge is 0.337 e. The molecular weight excluding hydrogens is 204 g/mol. The second kappa shape index (κ2) is 3.71. The van der Waals surface area contributed by atoms with Crippen LogP contribution in [0.1, 0.15) is 18.2 Å². The van der Waals surface area contributed by atoms with Crippen molar-refractivity contribution in [3.8, 4) is 11.6 Å². The summed E-state index contributed by atoms with van der Waals surface area (Å²) in [5.74, 6) is 1.15. The molecule has 0 aliphatic rings. The molecule has 5 nitrogen and oxygen atoms in total. The smallest absolute Gasteiger partial charge is 0.244 e. The Morgan fingerprint density at radius 2 is 2.00 bits per heavy atom. The van der Waals surface area contributed by atoms with Gasteiger partial charge in [0.15, 0.2) is 0 Å². The zero-order valence-corrected chi connectivity index (χ0v) is 8.14. The number of alkyl halides is 1. The molecule has 0 N–H and O–H groups in total. The average Bonchev–Trinajstić information content (AvgIpc) is 2.68. The van der Waals surface area contributed by atoms with Gasteiger partial charge in [-0.1, -0.05) is 5.16 Å². The first kappa shape index (κ1) is 9.08. The van der Waals surface area contributed by atoms with E-state index in [-0.39, 0.29) is 5.38 Å². The molecule has 0 aliphatic carbocycles. The number of aromatic nitrogens is 4. The lowest BCUT2D eigenvalue weighted by atomic mass is 10.5. The summed E-state index contributed by atoms with van der Waals surface area (Å²) in [5, 5.41) is 3.41. The standard InChI is InChI=1S/C8H7ClN4O/c1-5(9)8-12-7(13-14-8)6-10-3-2-4-11-6/h2-5H,1H3/t5-/m0/s1. The van der Waals surface area contributed by atoms with Crippen LogP contribution in [0.15, 0.2) is 23.0 Å². The first-order chi connectivity index (χ1) is 6.77. The molecule has 72 valence electrons. The van der Waals surface area contributed by atoms with E-state index in [4.69, 9.17) is 16.1 Å². The molecular formula is C8H7ClN4O. The maximum Gasteiger partial charge on any atom is 0.244 e. The van der Waals surface area contributed by atoms with Crippen LogP contribution < -0.4 is 0 Å². The van der Waals surface area contributed by atoms with Gasteiger partial charge in [0.05, 0.1) is 0 Å². The van der Waals surface area contributed by atoms with E-state index in [0.29, 0.717) is 17.5 Å². The Hall–Kier alpha value is -1.49. The van der Waals surface area contributed by atoms with Crippen molar-refractivity contribution < 1.29 is 4.52 Å². The van der Waals surface area contributed by atoms with Gasteiger partial charge in [-0.3, -0.25) is 0 Å². The molecule has 0 aromatic carbocycles. The van der Waals surface area contributed by atoms with Gasteiger partial charge < -0.3 is 4.52 Å². The summed E-state index contributed by atoms with van der Waals surface area (Å²) in [7, 11) is 0. The van der Waals surface area contributed by atoms with Crippen molar-refractivity contribution >= 4 is 11.6 Å². The van der Waals surface area contributed by atoms with Gasteiger partial charge in [-0.25, -0.2) is 9.97 Å². The van der Waals surface area contributed by atoms with Gasteiger partial charge in [0, 0.05) is 12.4 Å². The topological polar surface area (TPSA) is 64.7 Å². The van der Waals surface area contributed by atoms with Gasteiger partial charge >= 0.3 is 0 Å². The van der Waals surface area contributed by atoms with Crippen LogP contribution in [0, 0.1) is 0 Å². The van der Waals surface area contributed by atoms with Crippen molar-refractivity contribution in [1.82, 2.24) is 20.1 Å². The van der Waals surface area contributed by atoms with Crippen LogP contribution >= 0.6 is 11.6 Å². The normalized spacial score (nSPS) is 12.7. The van der Waals surface area contributed by atoms with Crippen molar-refractivity contribution in [3.63, 3.8) is 0 Å². The molecule has 0 radical (unpaired) electrons. The summed E-state index contributed by atoms with van der Waals surface area (Å²) in [5.41, 5.74) is 0. The zero-order valence-electron chi connectivity index (χ0n) is 7.38. The van der Waals surface area contributed by atoms with E-state index >= 15 is 0 Å². The SMILES string of the molecule is C[C@H](Cl)c1nc(-c2ncccn2)no1. The Morgan fingerprint density at radius 1 is 1.29 bits per heavy atom. The second-order valence-electron chi connectivity index (χ2n) is 2.64. The lowest BCUT2D eigenvalue weighted by Gasteiger charge is -1.90. The number of hydrogen-bond acceptors (Lipinski definition) is 5. The maximum absolute atomic E-state index is 5.77. The van der Waals surface area contributed by atoms with Gasteiger partial charge in [-0.05, 0) is 13.0 Å². The number of halogens is 1. The quantitative estimate of drug-likeness (QED) is 0.708. The van der Waals surface area contributed by atoms with Crippen LogP contribution in [-0.2, 0) is 0 Å². The summed E-state index contributed by atoms with van der Waals surface area (Å²) < 4.78 is 4.91. The van der Waals surface area contributed by atoms with E-state index in [1.54, 1.807) is 25.4 Å². The van der Waals surface area contributed by atoms with Crippen LogP contribution in [-0.4, -0.2) is 20.1 Å². The predicted octanol–water partition coefficient (Wildman–Crippen LogP) is 1.83. The lowest BCUT2D eigenvalue weighted by Crippen LogP contribution is -1.89. The molecule has 2 aromatic heterocycles. The second-order valence-corrected chi connectivity index (χ2v) is 3.30. The van der Waals surface area contributed by atoms with Crippen LogP contribution in [0.3, 0.4) is 0 Å². The molecule has 0 saturated heterocycles. The molecule has 0 aliphatic heterocycles. The minimum Gasteiger partial charge on any atom is -0.337 e. The van der Waals surface area contributed by atoms with E-state index in [0.717, 1.165) is 0 Å². The minimum absolute atomic E-state index is 0.306. The molecule has 0 fully saturated rings. The summed E-state index contributed by atoms with van der Waals surface area (Å²) >= 11 is 5.77. The summed E-state index contributed by atoms with van der Waals surface area (Å²) in [4.78, 5) is 12.0.